The van der Waals surface area contributed by atoms with Crippen molar-refractivity contribution in [1.29, 1.82) is 0 Å². The van der Waals surface area contributed by atoms with Crippen molar-refractivity contribution < 1.29 is 22.7 Å². The molecule has 0 spiro atoms. The number of halogens is 4. The molecule has 5 heteroatoms. The van der Waals surface area contributed by atoms with E-state index in [9.17, 15) is 22.7 Å². The van der Waals surface area contributed by atoms with Gasteiger partial charge in [-0.3, -0.25) is 0 Å². The third kappa shape index (κ3) is 4.95. The maximum absolute atomic E-state index is 13.9. The van der Waals surface area contributed by atoms with Crippen molar-refractivity contribution in [2.75, 3.05) is 0 Å². The molecule has 2 aliphatic rings. The first-order chi connectivity index (χ1) is 17.0. The lowest BCUT2D eigenvalue weighted by molar-refractivity contribution is -0.137. The van der Waals surface area contributed by atoms with E-state index in [-0.39, 0.29) is 11.2 Å². The monoisotopic (exact) mass is 496 g/mol. The molecule has 1 N–H and O–H groups in total. The number of aliphatic hydroxyl groups is 1. The van der Waals surface area contributed by atoms with Gasteiger partial charge in [0.15, 0.2) is 0 Å². The van der Waals surface area contributed by atoms with Gasteiger partial charge >= 0.3 is 6.18 Å². The fourth-order valence-corrected chi connectivity index (χ4v) is 6.31. The van der Waals surface area contributed by atoms with Crippen LogP contribution in [0.4, 0.5) is 17.6 Å². The summed E-state index contributed by atoms with van der Waals surface area (Å²) in [4.78, 5) is 0. The summed E-state index contributed by atoms with van der Waals surface area (Å²) in [5, 5.41) is 11.4. The standard InChI is InChI=1S/C31H32F4O/c1-30(2)17-22-16-25(20-5-3-4-6-20)26(15-19-7-11-23(12-8-19)31(33,34)35)28(29(22)27(36)18-30)21-9-13-24(32)14-10-21/h7-14,16,20,27,36H,3-6,15,17-18H2,1-2H3/t27-/m0/s1. The van der Waals surface area contributed by atoms with Crippen LogP contribution in [0, 0.1) is 11.2 Å². The smallest absolute Gasteiger partial charge is 0.388 e. The van der Waals surface area contributed by atoms with E-state index in [1.165, 1.54) is 17.7 Å². The molecule has 0 aliphatic heterocycles. The number of rotatable bonds is 4. The van der Waals surface area contributed by atoms with Gasteiger partial charge in [-0.1, -0.05) is 57.0 Å². The molecule has 1 atom stereocenters. The first-order valence-corrected chi connectivity index (χ1v) is 12.8. The van der Waals surface area contributed by atoms with Gasteiger partial charge in [-0.2, -0.15) is 13.2 Å². The Labute approximate surface area is 210 Å². The van der Waals surface area contributed by atoms with Crippen molar-refractivity contribution in [3.63, 3.8) is 0 Å². The summed E-state index contributed by atoms with van der Waals surface area (Å²) in [6.45, 7) is 4.34. The molecule has 2 aliphatic carbocycles. The summed E-state index contributed by atoms with van der Waals surface area (Å²) >= 11 is 0. The largest absolute Gasteiger partial charge is 0.416 e. The summed E-state index contributed by atoms with van der Waals surface area (Å²) in [7, 11) is 0. The van der Waals surface area contributed by atoms with E-state index in [0.29, 0.717) is 18.8 Å². The number of benzene rings is 3. The number of aliphatic hydroxyl groups excluding tert-OH is 1. The van der Waals surface area contributed by atoms with Gasteiger partial charge in [0, 0.05) is 0 Å². The van der Waals surface area contributed by atoms with Crippen LogP contribution in [-0.2, 0) is 19.0 Å². The molecule has 1 fully saturated rings. The zero-order valence-electron chi connectivity index (χ0n) is 20.8. The topological polar surface area (TPSA) is 20.2 Å². The molecule has 1 saturated carbocycles. The van der Waals surface area contributed by atoms with Crippen LogP contribution in [0.1, 0.15) is 91.4 Å². The molecule has 0 bridgehead atoms. The maximum atomic E-state index is 13.9. The maximum Gasteiger partial charge on any atom is 0.416 e. The second-order valence-corrected chi connectivity index (χ2v) is 11.3. The number of fused-ring (bicyclic) bond motifs is 1. The number of alkyl halides is 3. The average Bonchev–Trinajstić information content (AvgIpc) is 3.33. The van der Waals surface area contributed by atoms with Crippen molar-refractivity contribution in [3.8, 4) is 11.1 Å². The number of hydrogen-bond acceptors (Lipinski definition) is 1. The normalized spacial score (nSPS) is 19.9. The van der Waals surface area contributed by atoms with Gasteiger partial charge in [-0.25, -0.2) is 4.39 Å². The lowest BCUT2D eigenvalue weighted by Crippen LogP contribution is -2.27. The van der Waals surface area contributed by atoms with Gasteiger partial charge in [-0.15, -0.1) is 0 Å². The molecule has 0 aromatic heterocycles. The van der Waals surface area contributed by atoms with Crippen molar-refractivity contribution in [2.24, 2.45) is 5.41 Å². The molecular weight excluding hydrogens is 464 g/mol. The Kier molecular flexibility index (Phi) is 6.48. The molecule has 1 nitrogen and oxygen atoms in total. The number of hydrogen-bond donors (Lipinski definition) is 1. The quantitative estimate of drug-likeness (QED) is 0.358. The first-order valence-electron chi connectivity index (χ1n) is 12.8. The van der Waals surface area contributed by atoms with Crippen LogP contribution in [-0.4, -0.2) is 5.11 Å². The van der Waals surface area contributed by atoms with Crippen molar-refractivity contribution in [1.82, 2.24) is 0 Å². The summed E-state index contributed by atoms with van der Waals surface area (Å²) in [5.74, 6) is 0.0478. The fraction of sp³-hybridized carbons (Fsp3) is 0.419. The third-order valence-electron chi connectivity index (χ3n) is 7.93. The molecular formula is C31H32F4O. The molecule has 0 radical (unpaired) electrons. The molecule has 190 valence electrons. The summed E-state index contributed by atoms with van der Waals surface area (Å²) in [6, 6.07) is 14.0. The van der Waals surface area contributed by atoms with Crippen LogP contribution < -0.4 is 0 Å². The van der Waals surface area contributed by atoms with E-state index in [0.717, 1.165) is 77.6 Å². The van der Waals surface area contributed by atoms with Gasteiger partial charge in [0.25, 0.3) is 0 Å². The average molecular weight is 497 g/mol. The van der Waals surface area contributed by atoms with E-state index in [2.05, 4.69) is 19.9 Å². The minimum atomic E-state index is -4.38. The van der Waals surface area contributed by atoms with Gasteiger partial charge in [0.05, 0.1) is 11.7 Å². The predicted molar refractivity (Wildman–Crippen MR) is 134 cm³/mol. The predicted octanol–water partition coefficient (Wildman–Crippen LogP) is 8.77. The van der Waals surface area contributed by atoms with Crippen molar-refractivity contribution in [2.45, 2.75) is 77.0 Å². The molecule has 0 amide bonds. The fourth-order valence-electron chi connectivity index (χ4n) is 6.31. The van der Waals surface area contributed by atoms with Gasteiger partial charge < -0.3 is 5.11 Å². The Morgan fingerprint density at radius 2 is 1.58 bits per heavy atom. The van der Waals surface area contributed by atoms with Gasteiger partial charge in [-0.05, 0) is 107 Å². The first kappa shape index (κ1) is 25.0. The highest BCUT2D eigenvalue weighted by molar-refractivity contribution is 5.76. The molecule has 3 aromatic rings. The van der Waals surface area contributed by atoms with E-state index in [4.69, 9.17) is 0 Å². The Morgan fingerprint density at radius 3 is 2.19 bits per heavy atom. The zero-order chi connectivity index (χ0) is 25.7. The van der Waals surface area contributed by atoms with E-state index in [1.54, 1.807) is 24.3 Å². The summed E-state index contributed by atoms with van der Waals surface area (Å²) in [6.07, 6.45) is 1.34. The van der Waals surface area contributed by atoms with E-state index in [1.807, 2.05) is 0 Å². The lowest BCUT2D eigenvalue weighted by Gasteiger charge is -2.38. The summed E-state index contributed by atoms with van der Waals surface area (Å²) in [5.41, 5.74) is 6.15. The Morgan fingerprint density at radius 1 is 0.944 bits per heavy atom. The van der Waals surface area contributed by atoms with Crippen LogP contribution in [0.5, 0.6) is 0 Å². The van der Waals surface area contributed by atoms with Crippen LogP contribution >= 0.6 is 0 Å². The molecule has 3 aromatic carbocycles. The second kappa shape index (κ2) is 9.33. The zero-order valence-corrected chi connectivity index (χ0v) is 20.8. The van der Waals surface area contributed by atoms with E-state index < -0.39 is 17.8 Å². The minimum absolute atomic E-state index is 0.0473. The molecule has 0 unspecified atom stereocenters. The van der Waals surface area contributed by atoms with Crippen LogP contribution in [0.2, 0.25) is 0 Å². The van der Waals surface area contributed by atoms with Crippen molar-refractivity contribution >= 4 is 0 Å². The van der Waals surface area contributed by atoms with Gasteiger partial charge in [0.2, 0.25) is 0 Å². The highest BCUT2D eigenvalue weighted by Crippen LogP contribution is 2.49. The lowest BCUT2D eigenvalue weighted by atomic mass is 9.68. The summed E-state index contributed by atoms with van der Waals surface area (Å²) < 4.78 is 53.4. The minimum Gasteiger partial charge on any atom is -0.388 e. The molecule has 36 heavy (non-hydrogen) atoms. The second-order valence-electron chi connectivity index (χ2n) is 11.3. The molecule has 0 saturated heterocycles. The van der Waals surface area contributed by atoms with Crippen LogP contribution in [0.3, 0.4) is 0 Å². The Bertz CT molecular complexity index is 1230. The van der Waals surface area contributed by atoms with E-state index >= 15 is 0 Å². The van der Waals surface area contributed by atoms with Gasteiger partial charge in [0.1, 0.15) is 5.82 Å². The Hall–Kier alpha value is -2.66. The molecule has 0 heterocycles. The molecule has 5 rings (SSSR count). The SMILES string of the molecule is CC1(C)Cc2cc(C3CCCC3)c(Cc3ccc(C(F)(F)F)cc3)c(-c3ccc(F)cc3)c2[C@@H](O)C1. The van der Waals surface area contributed by atoms with Crippen LogP contribution in [0.15, 0.2) is 54.6 Å². The Balaban J connectivity index is 1.72. The van der Waals surface area contributed by atoms with Crippen LogP contribution in [0.25, 0.3) is 11.1 Å². The highest BCUT2D eigenvalue weighted by Gasteiger charge is 2.36. The van der Waals surface area contributed by atoms with Crippen molar-refractivity contribution in [3.05, 3.63) is 93.8 Å². The highest BCUT2D eigenvalue weighted by atomic mass is 19.4. The third-order valence-corrected chi connectivity index (χ3v) is 7.93.